The Hall–Kier alpha value is -2.52. The lowest BCUT2D eigenvalue weighted by atomic mass is 10.0. The minimum Gasteiger partial charge on any atom is -0.481 e. The number of aliphatic hydroxyl groups is 10. The van der Waals surface area contributed by atoms with E-state index in [9.17, 15) is 19.2 Å². The summed E-state index contributed by atoms with van der Waals surface area (Å²) in [5.41, 5.74) is 0. The number of carbonyl (C=O) groups is 4. The number of hydrogen-bond donors (Lipinski definition) is 14. The summed E-state index contributed by atoms with van der Waals surface area (Å²) in [5, 5.41) is 118. The Kier molecular flexibility index (Phi) is 50.9. The summed E-state index contributed by atoms with van der Waals surface area (Å²) in [7, 11) is 0. The highest BCUT2D eigenvalue weighted by Gasteiger charge is 2.29. The van der Waals surface area contributed by atoms with Crippen LogP contribution in [0.5, 0.6) is 0 Å². The maximum Gasteiger partial charge on any atom is 0.303 e. The molecule has 4 atom stereocenters. The normalized spacial score (nSPS) is 12.5. The van der Waals surface area contributed by atoms with Gasteiger partial charge in [0, 0.05) is 52.1 Å². The van der Waals surface area contributed by atoms with Gasteiger partial charge < -0.3 is 71.5 Å². The van der Waals surface area contributed by atoms with Crippen LogP contribution < -0.4 is 0 Å². The van der Waals surface area contributed by atoms with E-state index in [0.29, 0.717) is 25.7 Å². The molecular formula is C30H62O18. The van der Waals surface area contributed by atoms with Crippen LogP contribution in [0.4, 0.5) is 0 Å². The summed E-state index contributed by atoms with van der Waals surface area (Å²) in [6.45, 7) is -0.319. The number of aliphatic carboxylic acids is 4. The summed E-state index contributed by atoms with van der Waals surface area (Å²) in [6.07, 6.45) is 3.30. The SMILES string of the molecule is O=C(O)CCCCC(=O)O.O=C(O)CCCCC(=O)O.OCC(O)C(O)C(O)C(O)CO.OCCCCCCO.OCCCCCCO. The lowest BCUT2D eigenvalue weighted by Crippen LogP contribution is -2.46. The number of rotatable bonds is 25. The predicted octanol–water partition coefficient (Wildman–Crippen LogP) is -1.09. The number of aliphatic hydroxyl groups excluding tert-OH is 10. The Morgan fingerprint density at radius 3 is 0.646 bits per heavy atom. The van der Waals surface area contributed by atoms with E-state index in [1.165, 1.54) is 0 Å². The van der Waals surface area contributed by atoms with Crippen molar-refractivity contribution >= 4 is 23.9 Å². The molecule has 0 rings (SSSR count). The summed E-state index contributed by atoms with van der Waals surface area (Å²) >= 11 is 0. The van der Waals surface area contributed by atoms with Crippen LogP contribution in [-0.2, 0) is 19.2 Å². The quantitative estimate of drug-likeness (QED) is 0.0500. The van der Waals surface area contributed by atoms with Gasteiger partial charge in [-0.25, -0.2) is 0 Å². The van der Waals surface area contributed by atoms with Crippen LogP contribution in [0.25, 0.3) is 0 Å². The number of carboxylic acid groups (broad SMARTS) is 4. The first-order chi connectivity index (χ1) is 22.6. The van der Waals surface area contributed by atoms with Gasteiger partial charge in [0.2, 0.25) is 0 Å². The molecule has 0 heterocycles. The molecule has 0 aromatic heterocycles. The molecule has 0 aliphatic heterocycles. The lowest BCUT2D eigenvalue weighted by Gasteiger charge is -2.24. The second kappa shape index (κ2) is 44.5. The summed E-state index contributed by atoms with van der Waals surface area (Å²) in [6, 6.07) is 0. The van der Waals surface area contributed by atoms with Gasteiger partial charge in [0.05, 0.1) is 13.2 Å². The Bertz CT molecular complexity index is 607. The minimum atomic E-state index is -1.67. The van der Waals surface area contributed by atoms with E-state index >= 15 is 0 Å². The summed E-state index contributed by atoms with van der Waals surface area (Å²) in [5.74, 6) is -3.48. The molecule has 0 bridgehead atoms. The molecule has 48 heavy (non-hydrogen) atoms. The lowest BCUT2D eigenvalue weighted by molar-refractivity contribution is -0.139. The van der Waals surface area contributed by atoms with Crippen LogP contribution in [-0.4, -0.2) is 159 Å². The predicted molar refractivity (Wildman–Crippen MR) is 171 cm³/mol. The third kappa shape index (κ3) is 55.9. The zero-order valence-electron chi connectivity index (χ0n) is 27.8. The van der Waals surface area contributed by atoms with E-state index < -0.39 is 61.5 Å². The molecule has 0 aliphatic carbocycles. The molecule has 0 saturated carbocycles. The van der Waals surface area contributed by atoms with E-state index in [1.807, 2.05) is 0 Å². The van der Waals surface area contributed by atoms with Gasteiger partial charge in [-0.05, 0) is 51.4 Å². The third-order valence-corrected chi connectivity index (χ3v) is 5.71. The van der Waals surface area contributed by atoms with E-state index in [2.05, 4.69) is 0 Å². The molecule has 0 fully saturated rings. The molecule has 290 valence electrons. The first kappa shape index (κ1) is 54.9. The van der Waals surface area contributed by atoms with Crippen molar-refractivity contribution in [3.8, 4) is 0 Å². The largest absolute Gasteiger partial charge is 0.481 e. The van der Waals surface area contributed by atoms with Crippen molar-refractivity contribution in [2.45, 2.75) is 127 Å². The number of carboxylic acids is 4. The second-order valence-corrected chi connectivity index (χ2v) is 10.2. The summed E-state index contributed by atoms with van der Waals surface area (Å²) in [4.78, 5) is 39.6. The summed E-state index contributed by atoms with van der Waals surface area (Å²) < 4.78 is 0. The smallest absolute Gasteiger partial charge is 0.303 e. The van der Waals surface area contributed by atoms with E-state index in [0.717, 1.165) is 51.4 Å². The molecule has 0 aliphatic rings. The van der Waals surface area contributed by atoms with Crippen molar-refractivity contribution in [3.05, 3.63) is 0 Å². The van der Waals surface area contributed by atoms with Gasteiger partial charge in [0.1, 0.15) is 24.4 Å². The first-order valence-corrected chi connectivity index (χ1v) is 15.9. The molecule has 4 unspecified atom stereocenters. The van der Waals surface area contributed by atoms with Crippen LogP contribution in [0, 0.1) is 0 Å². The van der Waals surface area contributed by atoms with Crippen molar-refractivity contribution < 1.29 is 90.7 Å². The van der Waals surface area contributed by atoms with Gasteiger partial charge in [0.15, 0.2) is 0 Å². The highest BCUT2D eigenvalue weighted by atomic mass is 16.4. The topological polar surface area (TPSA) is 352 Å². The standard InChI is InChI=1S/C6H14O6.2C6H10O4.2C6H14O2/c7-1-3(9)5(11)6(12)4(10)2-8;2*7-5(8)3-1-2-4-6(9)10;2*7-5-3-1-2-4-6-8/h3-12H,1-2H2;2*1-4H2,(H,7,8)(H,9,10);2*7-8H,1-6H2. The molecule has 0 spiro atoms. The van der Waals surface area contributed by atoms with Crippen LogP contribution in [0.3, 0.4) is 0 Å². The number of hydrogen-bond acceptors (Lipinski definition) is 14. The monoisotopic (exact) mass is 710 g/mol. The first-order valence-electron chi connectivity index (χ1n) is 15.9. The fourth-order valence-electron chi connectivity index (χ4n) is 2.93. The molecule has 14 N–H and O–H groups in total. The minimum absolute atomic E-state index is 0.0628. The Balaban J connectivity index is -0.000000162. The maximum atomic E-state index is 9.90. The zero-order valence-corrected chi connectivity index (χ0v) is 27.8. The molecular weight excluding hydrogens is 648 g/mol. The van der Waals surface area contributed by atoms with E-state index in [-0.39, 0.29) is 52.1 Å². The molecule has 0 amide bonds. The van der Waals surface area contributed by atoms with Gasteiger partial charge in [-0.2, -0.15) is 0 Å². The highest BCUT2D eigenvalue weighted by Crippen LogP contribution is 2.04. The maximum absolute atomic E-state index is 9.90. The van der Waals surface area contributed by atoms with Gasteiger partial charge in [-0.15, -0.1) is 0 Å². The molecule has 0 radical (unpaired) electrons. The molecule has 18 nitrogen and oxygen atoms in total. The molecule has 0 saturated heterocycles. The average molecular weight is 711 g/mol. The highest BCUT2D eigenvalue weighted by molar-refractivity contribution is 5.68. The molecule has 0 aromatic rings. The van der Waals surface area contributed by atoms with Gasteiger partial charge >= 0.3 is 23.9 Å². The van der Waals surface area contributed by atoms with Gasteiger partial charge in [0.25, 0.3) is 0 Å². The fraction of sp³-hybridized carbons (Fsp3) is 0.867. The van der Waals surface area contributed by atoms with Gasteiger partial charge in [-0.1, -0.05) is 25.7 Å². The van der Waals surface area contributed by atoms with Gasteiger partial charge in [-0.3, -0.25) is 19.2 Å². The van der Waals surface area contributed by atoms with Crippen molar-refractivity contribution in [1.29, 1.82) is 0 Å². The van der Waals surface area contributed by atoms with Crippen molar-refractivity contribution in [2.75, 3.05) is 39.6 Å². The Labute approximate surface area is 281 Å². The van der Waals surface area contributed by atoms with Crippen LogP contribution >= 0.6 is 0 Å². The van der Waals surface area contributed by atoms with Crippen molar-refractivity contribution in [1.82, 2.24) is 0 Å². The van der Waals surface area contributed by atoms with Crippen LogP contribution in [0.1, 0.15) is 103 Å². The van der Waals surface area contributed by atoms with Crippen LogP contribution in [0.15, 0.2) is 0 Å². The fourth-order valence-corrected chi connectivity index (χ4v) is 2.93. The van der Waals surface area contributed by atoms with E-state index in [1.54, 1.807) is 0 Å². The van der Waals surface area contributed by atoms with E-state index in [4.69, 9.17) is 71.5 Å². The zero-order chi connectivity index (χ0) is 38.2. The van der Waals surface area contributed by atoms with Crippen molar-refractivity contribution in [2.24, 2.45) is 0 Å². The molecule has 0 aromatic carbocycles. The van der Waals surface area contributed by atoms with Crippen molar-refractivity contribution in [3.63, 3.8) is 0 Å². The third-order valence-electron chi connectivity index (χ3n) is 5.71. The second-order valence-electron chi connectivity index (χ2n) is 10.2. The Morgan fingerprint density at radius 1 is 0.333 bits per heavy atom. The average Bonchev–Trinajstić information content (AvgIpc) is 3.05. The van der Waals surface area contributed by atoms with Crippen LogP contribution in [0.2, 0.25) is 0 Å². The Morgan fingerprint density at radius 2 is 0.521 bits per heavy atom. The molecule has 18 heteroatoms. The number of unbranched alkanes of at least 4 members (excludes halogenated alkanes) is 8.